The van der Waals surface area contributed by atoms with Gasteiger partial charge < -0.3 is 14.0 Å². The molecule has 0 bridgehead atoms. The number of aldehydes is 1. The molecule has 0 radical (unpaired) electrons. The number of hydrogen-bond donors (Lipinski definition) is 2. The topological polar surface area (TPSA) is 167 Å². The first-order chi connectivity index (χ1) is 22.3. The van der Waals surface area contributed by atoms with Gasteiger partial charge in [0, 0.05) is 18.5 Å². The number of carbonyl (C=O) groups excluding carboxylic acids is 2. The number of aromatic nitrogens is 6. The molecule has 238 valence electrons. The average Bonchev–Trinajstić information content (AvgIpc) is 3.66. The molecule has 0 fully saturated rings. The molecule has 2 aromatic heterocycles. The number of unbranched alkanes of at least 4 members (excludes halogenated alkanes) is 1. The van der Waals surface area contributed by atoms with Crippen molar-refractivity contribution < 1.29 is 34.3 Å². The first-order valence-electron chi connectivity index (χ1n) is 14.3. The molecule has 2 N–H and O–H groups in total. The summed E-state index contributed by atoms with van der Waals surface area (Å²) < 4.78 is 12.1. The minimum atomic E-state index is -0.976. The molecule has 0 aliphatic rings. The van der Waals surface area contributed by atoms with Crippen LogP contribution in [0.3, 0.4) is 0 Å². The lowest BCUT2D eigenvalue weighted by molar-refractivity contribution is -0.497. The number of benzene rings is 3. The normalized spacial score (nSPS) is 11.2. The van der Waals surface area contributed by atoms with Crippen LogP contribution < -0.4 is 4.74 Å². The van der Waals surface area contributed by atoms with E-state index >= 15 is 0 Å². The fraction of sp³-hybridized carbons (Fsp3) is 0.226. The van der Waals surface area contributed by atoms with Crippen LogP contribution in [0.1, 0.15) is 47.2 Å². The maximum atomic E-state index is 12.2. The molecule has 0 amide bonds. The molecule has 0 unspecified atom stereocenters. The zero-order chi connectivity index (χ0) is 32.5. The molecule has 14 nitrogen and oxygen atoms in total. The standard InChI is InChI=1S/C31H30ClN7O7/c1-2-3-8-28-33-29(32)27(18-40)37(28)17-21-9-13-23(14-10-21)25-6-4-5-7-26(25)30-34-36-38(35-30)20-44-31(41)46-24-15-11-22(12-16-24)19-45-39(42)43/h4-7,9-16,18,42-43H,2-3,8,17,19-20H2,1H3. The van der Waals surface area contributed by atoms with E-state index in [0.717, 1.165) is 58.4 Å². The van der Waals surface area contributed by atoms with E-state index in [1.807, 2.05) is 53.1 Å². The van der Waals surface area contributed by atoms with Gasteiger partial charge in [-0.05, 0) is 46.0 Å². The number of rotatable bonds is 14. The first kappa shape index (κ1) is 32.4. The summed E-state index contributed by atoms with van der Waals surface area (Å²) >= 11 is 6.24. The van der Waals surface area contributed by atoms with Crippen LogP contribution >= 0.6 is 11.6 Å². The van der Waals surface area contributed by atoms with Crippen molar-refractivity contribution in [3.8, 4) is 28.3 Å². The zero-order valence-corrected chi connectivity index (χ0v) is 25.4. The van der Waals surface area contributed by atoms with E-state index in [9.17, 15) is 9.59 Å². The van der Waals surface area contributed by atoms with Crippen molar-refractivity contribution in [3.63, 3.8) is 0 Å². The van der Waals surface area contributed by atoms with Crippen LogP contribution in [-0.2, 0) is 35.9 Å². The number of imidazole rings is 1. The van der Waals surface area contributed by atoms with Crippen molar-refractivity contribution in [2.24, 2.45) is 0 Å². The van der Waals surface area contributed by atoms with Crippen LogP contribution in [0.5, 0.6) is 5.75 Å². The molecule has 15 heteroatoms. The van der Waals surface area contributed by atoms with Crippen LogP contribution in [0.25, 0.3) is 22.5 Å². The van der Waals surface area contributed by atoms with Gasteiger partial charge in [0.15, 0.2) is 11.4 Å². The van der Waals surface area contributed by atoms with Crippen LogP contribution in [0.2, 0.25) is 5.15 Å². The van der Waals surface area contributed by atoms with Crippen LogP contribution in [0.4, 0.5) is 4.79 Å². The van der Waals surface area contributed by atoms with Gasteiger partial charge in [-0.1, -0.05) is 85.6 Å². The Morgan fingerprint density at radius 3 is 2.41 bits per heavy atom. The number of aryl methyl sites for hydroxylation is 1. The summed E-state index contributed by atoms with van der Waals surface area (Å²) in [5.74, 6) is 1.33. The third-order valence-corrected chi connectivity index (χ3v) is 7.18. The molecule has 0 aliphatic heterocycles. The Hall–Kier alpha value is -4.99. The number of tetrazole rings is 1. The number of ether oxygens (including phenoxy) is 2. The molecule has 5 aromatic rings. The number of halogens is 1. The smallest absolute Gasteiger partial charge is 0.409 e. The molecule has 0 atom stereocenters. The van der Waals surface area contributed by atoms with E-state index in [4.69, 9.17) is 31.5 Å². The van der Waals surface area contributed by atoms with E-state index < -0.39 is 11.5 Å². The van der Waals surface area contributed by atoms with Crippen molar-refractivity contribution in [1.29, 1.82) is 0 Å². The van der Waals surface area contributed by atoms with Gasteiger partial charge in [-0.25, -0.2) is 14.6 Å². The SMILES string of the molecule is CCCCc1nc(Cl)c(C=O)n1Cc1ccc(-c2ccccc2-c2nnn(COC(=O)Oc3ccc(CON(O)O)cc3)n2)cc1. The third-order valence-electron chi connectivity index (χ3n) is 6.90. The molecule has 0 saturated carbocycles. The maximum absolute atomic E-state index is 12.2. The molecule has 0 spiro atoms. The Morgan fingerprint density at radius 1 is 1.00 bits per heavy atom. The Labute approximate surface area is 268 Å². The predicted octanol–water partition coefficient (Wildman–Crippen LogP) is 5.75. The molecule has 2 heterocycles. The molecule has 5 rings (SSSR count). The van der Waals surface area contributed by atoms with Crippen molar-refractivity contribution in [2.75, 3.05) is 0 Å². The van der Waals surface area contributed by atoms with Crippen molar-refractivity contribution in [2.45, 2.75) is 46.1 Å². The third kappa shape index (κ3) is 8.18. The van der Waals surface area contributed by atoms with Gasteiger partial charge in [0.25, 0.3) is 0 Å². The molecule has 0 aliphatic carbocycles. The van der Waals surface area contributed by atoms with Crippen LogP contribution in [-0.4, -0.2) is 58.0 Å². The highest BCUT2D eigenvalue weighted by molar-refractivity contribution is 6.31. The molecule has 0 saturated heterocycles. The molecule has 46 heavy (non-hydrogen) atoms. The molecule has 3 aromatic carbocycles. The monoisotopic (exact) mass is 647 g/mol. The Balaban J connectivity index is 1.23. The Bertz CT molecular complexity index is 1770. The zero-order valence-electron chi connectivity index (χ0n) is 24.7. The number of carbonyl (C=O) groups is 2. The largest absolute Gasteiger partial charge is 0.515 e. The summed E-state index contributed by atoms with van der Waals surface area (Å²) in [6, 6.07) is 21.7. The Kier molecular flexibility index (Phi) is 10.8. The van der Waals surface area contributed by atoms with Crippen molar-refractivity contribution >= 4 is 24.0 Å². The Morgan fingerprint density at radius 2 is 1.72 bits per heavy atom. The summed E-state index contributed by atoms with van der Waals surface area (Å²) in [4.78, 5) is 34.0. The molecular weight excluding hydrogens is 618 g/mol. The number of hydrogen-bond acceptors (Lipinski definition) is 12. The van der Waals surface area contributed by atoms with Gasteiger partial charge in [0.1, 0.15) is 17.3 Å². The predicted molar refractivity (Wildman–Crippen MR) is 163 cm³/mol. The number of nitrogens with zero attached hydrogens (tertiary/aromatic N) is 7. The van der Waals surface area contributed by atoms with E-state index in [-0.39, 0.29) is 24.2 Å². The van der Waals surface area contributed by atoms with Crippen molar-refractivity contribution in [1.82, 2.24) is 35.1 Å². The van der Waals surface area contributed by atoms with Crippen molar-refractivity contribution in [3.05, 3.63) is 101 Å². The van der Waals surface area contributed by atoms with Gasteiger partial charge in [0.2, 0.25) is 12.6 Å². The van der Waals surface area contributed by atoms with E-state index in [1.54, 1.807) is 12.1 Å². The van der Waals surface area contributed by atoms with Gasteiger partial charge in [0.05, 0.1) is 12.0 Å². The quantitative estimate of drug-likeness (QED) is 0.0649. The summed E-state index contributed by atoms with van der Waals surface area (Å²) in [6.45, 7) is 2.12. The average molecular weight is 648 g/mol. The van der Waals surface area contributed by atoms with E-state index in [1.165, 1.54) is 12.1 Å². The minimum Gasteiger partial charge on any atom is -0.409 e. The lowest BCUT2D eigenvalue weighted by Crippen LogP contribution is -2.15. The maximum Gasteiger partial charge on any atom is 0.515 e. The fourth-order valence-electron chi connectivity index (χ4n) is 4.63. The van der Waals surface area contributed by atoms with Crippen LogP contribution in [0.15, 0.2) is 72.8 Å². The van der Waals surface area contributed by atoms with Gasteiger partial charge >= 0.3 is 6.16 Å². The summed E-state index contributed by atoms with van der Waals surface area (Å²) in [5, 5.41) is 29.6. The second-order valence-corrected chi connectivity index (χ2v) is 10.4. The highest BCUT2D eigenvalue weighted by Gasteiger charge is 2.17. The van der Waals surface area contributed by atoms with Crippen LogP contribution in [0, 0.1) is 0 Å². The highest BCUT2D eigenvalue weighted by Crippen LogP contribution is 2.30. The second-order valence-electron chi connectivity index (χ2n) is 10.0. The van der Waals surface area contributed by atoms with E-state index in [0.29, 0.717) is 23.6 Å². The second kappa shape index (κ2) is 15.3. The van der Waals surface area contributed by atoms with Gasteiger partial charge in [-0.3, -0.25) is 15.2 Å². The summed E-state index contributed by atoms with van der Waals surface area (Å²) in [5.41, 5.74) is 4.47. The fourth-order valence-corrected chi connectivity index (χ4v) is 4.87. The van der Waals surface area contributed by atoms with E-state index in [2.05, 4.69) is 32.2 Å². The lowest BCUT2D eigenvalue weighted by atomic mass is 9.98. The highest BCUT2D eigenvalue weighted by atomic mass is 35.5. The summed E-state index contributed by atoms with van der Waals surface area (Å²) in [7, 11) is 0. The minimum absolute atomic E-state index is 0.0995. The molecular formula is C31H30ClN7O7. The van der Waals surface area contributed by atoms with Gasteiger partial charge in [-0.2, -0.15) is 0 Å². The first-order valence-corrected chi connectivity index (χ1v) is 14.6. The lowest BCUT2D eigenvalue weighted by Gasteiger charge is -2.11. The van der Waals surface area contributed by atoms with Gasteiger partial charge in [-0.15, -0.1) is 15.0 Å². The summed E-state index contributed by atoms with van der Waals surface area (Å²) in [6.07, 6.45) is 2.45.